The topological polar surface area (TPSA) is 45.6 Å². The molecule has 0 saturated carbocycles. The van der Waals surface area contributed by atoms with Crippen molar-refractivity contribution >= 4 is 11.8 Å². The molecule has 0 spiro atoms. The van der Waals surface area contributed by atoms with Gasteiger partial charge in [-0.3, -0.25) is 9.59 Å². The Balaban J connectivity index is 1.85. The molecule has 1 atom stereocenters. The first kappa shape index (κ1) is 19.2. The SMILES string of the molecule is CCCC(=O)N(CCC)CC(=O)N1CCn2cccc2C1c1ccccc1. The Labute approximate surface area is 161 Å². The lowest BCUT2D eigenvalue weighted by atomic mass is 10.00. The number of carbonyl (C=O) groups is 2. The number of amides is 2. The maximum atomic E-state index is 13.2. The average Bonchev–Trinajstić information content (AvgIpc) is 3.16. The predicted molar refractivity (Wildman–Crippen MR) is 106 cm³/mol. The molecule has 27 heavy (non-hydrogen) atoms. The Kier molecular flexibility index (Phi) is 6.32. The maximum Gasteiger partial charge on any atom is 0.243 e. The number of aromatic nitrogens is 1. The van der Waals surface area contributed by atoms with Crippen LogP contribution in [0.15, 0.2) is 48.7 Å². The standard InChI is InChI=1S/C22H29N3O2/c1-3-9-20(26)24(13-4-2)17-21(27)25-16-15-23-14-8-12-19(23)22(25)18-10-6-5-7-11-18/h5-8,10-12,14,22H,3-4,9,13,15-17H2,1-2H3. The van der Waals surface area contributed by atoms with Crippen molar-refractivity contribution in [1.29, 1.82) is 0 Å². The fraction of sp³-hybridized carbons (Fsp3) is 0.455. The molecule has 0 aliphatic carbocycles. The van der Waals surface area contributed by atoms with Gasteiger partial charge >= 0.3 is 0 Å². The van der Waals surface area contributed by atoms with E-state index < -0.39 is 0 Å². The second-order valence-electron chi connectivity index (χ2n) is 7.09. The van der Waals surface area contributed by atoms with E-state index >= 15 is 0 Å². The number of hydrogen-bond donors (Lipinski definition) is 0. The number of hydrogen-bond acceptors (Lipinski definition) is 2. The second kappa shape index (κ2) is 8.89. The summed E-state index contributed by atoms with van der Waals surface area (Å²) in [6, 6.07) is 14.2. The second-order valence-corrected chi connectivity index (χ2v) is 7.09. The summed E-state index contributed by atoms with van der Waals surface area (Å²) in [6.45, 7) is 6.27. The van der Waals surface area contributed by atoms with Gasteiger partial charge in [-0.2, -0.15) is 0 Å². The molecule has 2 amide bonds. The van der Waals surface area contributed by atoms with E-state index in [2.05, 4.69) is 29.0 Å². The van der Waals surface area contributed by atoms with Crippen molar-refractivity contribution in [2.24, 2.45) is 0 Å². The van der Waals surface area contributed by atoms with Crippen molar-refractivity contribution in [3.05, 3.63) is 59.9 Å². The molecule has 1 aromatic carbocycles. The average molecular weight is 367 g/mol. The zero-order valence-electron chi connectivity index (χ0n) is 16.3. The summed E-state index contributed by atoms with van der Waals surface area (Å²) >= 11 is 0. The van der Waals surface area contributed by atoms with Crippen molar-refractivity contribution < 1.29 is 9.59 Å². The maximum absolute atomic E-state index is 13.2. The van der Waals surface area contributed by atoms with Crippen LogP contribution in [0.4, 0.5) is 0 Å². The highest BCUT2D eigenvalue weighted by Crippen LogP contribution is 2.32. The van der Waals surface area contributed by atoms with Gasteiger partial charge in [-0.25, -0.2) is 0 Å². The number of fused-ring (bicyclic) bond motifs is 1. The first-order valence-electron chi connectivity index (χ1n) is 9.93. The molecule has 5 heteroatoms. The molecule has 1 aliphatic rings. The Morgan fingerprint density at radius 1 is 1.04 bits per heavy atom. The zero-order valence-corrected chi connectivity index (χ0v) is 16.3. The van der Waals surface area contributed by atoms with Crippen LogP contribution in [0.3, 0.4) is 0 Å². The van der Waals surface area contributed by atoms with Gasteiger partial charge in [0.2, 0.25) is 11.8 Å². The van der Waals surface area contributed by atoms with Crippen LogP contribution in [0.1, 0.15) is 50.4 Å². The van der Waals surface area contributed by atoms with Crippen LogP contribution in [0.25, 0.3) is 0 Å². The lowest BCUT2D eigenvalue weighted by Crippen LogP contribution is -2.48. The minimum absolute atomic E-state index is 0.0224. The summed E-state index contributed by atoms with van der Waals surface area (Å²) in [4.78, 5) is 29.3. The van der Waals surface area contributed by atoms with Crippen LogP contribution >= 0.6 is 0 Å². The molecular formula is C22H29N3O2. The summed E-state index contributed by atoms with van der Waals surface area (Å²) in [5.74, 6) is 0.0959. The third-order valence-electron chi connectivity index (χ3n) is 5.11. The monoisotopic (exact) mass is 367 g/mol. The van der Waals surface area contributed by atoms with Crippen molar-refractivity contribution in [2.45, 2.75) is 45.7 Å². The van der Waals surface area contributed by atoms with Gasteiger partial charge in [0, 0.05) is 37.9 Å². The molecule has 1 unspecified atom stereocenters. The lowest BCUT2D eigenvalue weighted by Gasteiger charge is -2.38. The fourth-order valence-electron chi connectivity index (χ4n) is 3.83. The van der Waals surface area contributed by atoms with E-state index in [0.717, 1.165) is 30.6 Å². The van der Waals surface area contributed by atoms with E-state index in [1.165, 1.54) is 0 Å². The largest absolute Gasteiger partial charge is 0.348 e. The van der Waals surface area contributed by atoms with Crippen LogP contribution in [0.5, 0.6) is 0 Å². The smallest absolute Gasteiger partial charge is 0.243 e. The van der Waals surface area contributed by atoms with Gasteiger partial charge in [0.25, 0.3) is 0 Å². The van der Waals surface area contributed by atoms with Crippen LogP contribution < -0.4 is 0 Å². The van der Waals surface area contributed by atoms with Crippen molar-refractivity contribution in [1.82, 2.24) is 14.4 Å². The molecule has 0 bridgehead atoms. The summed E-state index contributed by atoms with van der Waals surface area (Å²) in [5.41, 5.74) is 2.23. The number of rotatable bonds is 7. The van der Waals surface area contributed by atoms with Gasteiger partial charge in [0.05, 0.1) is 12.6 Å². The summed E-state index contributed by atoms with van der Waals surface area (Å²) < 4.78 is 2.22. The molecule has 144 valence electrons. The first-order valence-corrected chi connectivity index (χ1v) is 9.93. The third-order valence-corrected chi connectivity index (χ3v) is 5.11. The van der Waals surface area contributed by atoms with Crippen LogP contribution in [0, 0.1) is 0 Å². The molecule has 5 nitrogen and oxygen atoms in total. The normalized spacial score (nSPS) is 16.1. The van der Waals surface area contributed by atoms with E-state index in [4.69, 9.17) is 0 Å². The molecule has 3 rings (SSSR count). The molecule has 0 saturated heterocycles. The van der Waals surface area contributed by atoms with Gasteiger partial charge in [-0.1, -0.05) is 44.2 Å². The number of benzene rings is 1. The summed E-state index contributed by atoms with van der Waals surface area (Å²) in [6.07, 6.45) is 4.23. The molecule has 1 aromatic heterocycles. The molecule has 0 N–H and O–H groups in total. The molecule has 0 radical (unpaired) electrons. The first-order chi connectivity index (χ1) is 13.2. The van der Waals surface area contributed by atoms with Gasteiger partial charge in [0.1, 0.15) is 0 Å². The van der Waals surface area contributed by atoms with Crippen LogP contribution in [0.2, 0.25) is 0 Å². The fourth-order valence-corrected chi connectivity index (χ4v) is 3.83. The summed E-state index contributed by atoms with van der Waals surface area (Å²) in [7, 11) is 0. The van der Waals surface area contributed by atoms with Gasteiger partial charge in [-0.05, 0) is 30.5 Å². The van der Waals surface area contributed by atoms with E-state index in [1.807, 2.05) is 43.0 Å². The Hall–Kier alpha value is -2.56. The number of carbonyl (C=O) groups excluding carboxylic acids is 2. The van der Waals surface area contributed by atoms with E-state index in [0.29, 0.717) is 19.5 Å². The lowest BCUT2D eigenvalue weighted by molar-refractivity contribution is -0.142. The highest BCUT2D eigenvalue weighted by molar-refractivity contribution is 5.85. The quantitative estimate of drug-likeness (QED) is 0.752. The van der Waals surface area contributed by atoms with E-state index in [1.54, 1.807) is 4.90 Å². The van der Waals surface area contributed by atoms with E-state index in [-0.39, 0.29) is 24.4 Å². The van der Waals surface area contributed by atoms with Crippen molar-refractivity contribution in [3.63, 3.8) is 0 Å². The van der Waals surface area contributed by atoms with Gasteiger partial charge in [-0.15, -0.1) is 0 Å². The molecule has 2 aromatic rings. The number of nitrogens with zero attached hydrogens (tertiary/aromatic N) is 3. The van der Waals surface area contributed by atoms with Crippen molar-refractivity contribution in [2.75, 3.05) is 19.6 Å². The minimum atomic E-state index is -0.104. The van der Waals surface area contributed by atoms with E-state index in [9.17, 15) is 9.59 Å². The van der Waals surface area contributed by atoms with Gasteiger partial charge in [0.15, 0.2) is 0 Å². The predicted octanol–water partition coefficient (Wildman–Crippen LogP) is 3.46. The Bertz CT molecular complexity index is 769. The third kappa shape index (κ3) is 4.24. The Morgan fingerprint density at radius 2 is 1.81 bits per heavy atom. The molecular weight excluding hydrogens is 338 g/mol. The van der Waals surface area contributed by atoms with Crippen LogP contribution in [-0.4, -0.2) is 45.8 Å². The van der Waals surface area contributed by atoms with Crippen molar-refractivity contribution in [3.8, 4) is 0 Å². The van der Waals surface area contributed by atoms with Crippen LogP contribution in [-0.2, 0) is 16.1 Å². The highest BCUT2D eigenvalue weighted by Gasteiger charge is 2.33. The molecule has 1 aliphatic heterocycles. The molecule has 0 fully saturated rings. The zero-order chi connectivity index (χ0) is 19.2. The molecule has 2 heterocycles. The highest BCUT2D eigenvalue weighted by atomic mass is 16.2. The minimum Gasteiger partial charge on any atom is -0.348 e. The summed E-state index contributed by atoms with van der Waals surface area (Å²) in [5, 5.41) is 0. The Morgan fingerprint density at radius 3 is 2.52 bits per heavy atom. The van der Waals surface area contributed by atoms with Gasteiger partial charge < -0.3 is 14.4 Å².